The van der Waals surface area contributed by atoms with Crippen molar-refractivity contribution in [1.29, 1.82) is 0 Å². The summed E-state index contributed by atoms with van der Waals surface area (Å²) in [4.78, 5) is 45.3. The van der Waals surface area contributed by atoms with Crippen LogP contribution in [0.2, 0.25) is 0 Å². The summed E-state index contributed by atoms with van der Waals surface area (Å²) in [7, 11) is 0. The molecule has 3 aromatic carbocycles. The minimum Gasteiger partial charge on any atom is -0.348 e. The minimum atomic E-state index is -0.789. The fraction of sp³-hybridized carbons (Fsp3) is 0.323. The van der Waals surface area contributed by atoms with Crippen molar-refractivity contribution in [3.63, 3.8) is 0 Å². The van der Waals surface area contributed by atoms with Crippen LogP contribution in [0.25, 0.3) is 0 Å². The quantitative estimate of drug-likeness (QED) is 0.490. The van der Waals surface area contributed by atoms with E-state index in [9.17, 15) is 14.4 Å². The number of carbonyl (C=O) groups excluding carboxylic acids is 3. The molecule has 2 saturated heterocycles. The molecule has 8 nitrogen and oxygen atoms in total. The van der Waals surface area contributed by atoms with E-state index in [1.807, 2.05) is 97.9 Å². The van der Waals surface area contributed by atoms with Crippen LogP contribution in [0.1, 0.15) is 36.9 Å². The number of para-hydroxylation sites is 1. The van der Waals surface area contributed by atoms with Crippen LogP contribution in [0.15, 0.2) is 91.0 Å². The van der Waals surface area contributed by atoms with Gasteiger partial charge in [-0.05, 0) is 43.0 Å². The Morgan fingerprint density at radius 3 is 2.10 bits per heavy atom. The number of hydrogen-bond donors (Lipinski definition) is 2. The zero-order valence-corrected chi connectivity index (χ0v) is 22.3. The van der Waals surface area contributed by atoms with Crippen molar-refractivity contribution in [2.24, 2.45) is 0 Å². The molecule has 0 aliphatic carbocycles. The molecule has 0 aromatic heterocycles. The third kappa shape index (κ3) is 5.74. The Balaban J connectivity index is 1.26. The molecular weight excluding hydrogens is 490 g/mol. The van der Waals surface area contributed by atoms with E-state index in [1.165, 1.54) is 0 Å². The second kappa shape index (κ2) is 11.6. The summed E-state index contributed by atoms with van der Waals surface area (Å²) < 4.78 is 0. The molecule has 5 rings (SSSR count). The molecule has 202 valence electrons. The molecule has 0 saturated carbocycles. The maximum absolute atomic E-state index is 13.9. The molecule has 0 bridgehead atoms. The number of carbonyl (C=O) groups is 3. The summed E-state index contributed by atoms with van der Waals surface area (Å²) in [5.74, 6) is -0.249. The summed E-state index contributed by atoms with van der Waals surface area (Å²) in [6.45, 7) is 3.64. The van der Waals surface area contributed by atoms with E-state index in [1.54, 1.807) is 9.80 Å². The Morgan fingerprint density at radius 1 is 0.872 bits per heavy atom. The van der Waals surface area contributed by atoms with Crippen LogP contribution in [0.4, 0.5) is 10.5 Å². The van der Waals surface area contributed by atoms with Gasteiger partial charge in [-0.2, -0.15) is 0 Å². The molecule has 0 radical (unpaired) electrons. The number of benzene rings is 3. The van der Waals surface area contributed by atoms with Gasteiger partial charge in [0, 0.05) is 25.3 Å². The molecule has 4 amide bonds. The lowest BCUT2D eigenvalue weighted by atomic mass is 9.85. The third-order valence-corrected chi connectivity index (χ3v) is 7.76. The van der Waals surface area contributed by atoms with Gasteiger partial charge in [-0.25, -0.2) is 4.79 Å². The average Bonchev–Trinajstić information content (AvgIpc) is 3.23. The van der Waals surface area contributed by atoms with Crippen molar-refractivity contribution < 1.29 is 14.4 Å². The van der Waals surface area contributed by atoms with E-state index < -0.39 is 5.54 Å². The molecule has 39 heavy (non-hydrogen) atoms. The number of nitrogens with one attached hydrogen (secondary N) is 2. The summed E-state index contributed by atoms with van der Waals surface area (Å²) in [6, 6.07) is 29.1. The highest BCUT2D eigenvalue weighted by Crippen LogP contribution is 2.39. The van der Waals surface area contributed by atoms with Gasteiger partial charge in [-0.15, -0.1) is 0 Å². The fourth-order valence-electron chi connectivity index (χ4n) is 5.57. The topological polar surface area (TPSA) is 85.0 Å². The molecule has 1 spiro atoms. The average molecular weight is 526 g/mol. The highest BCUT2D eigenvalue weighted by molar-refractivity contribution is 5.96. The Morgan fingerprint density at radius 2 is 1.46 bits per heavy atom. The van der Waals surface area contributed by atoms with Crippen LogP contribution in [-0.2, 0) is 16.1 Å². The van der Waals surface area contributed by atoms with Gasteiger partial charge in [0.1, 0.15) is 12.1 Å². The first-order chi connectivity index (χ1) is 19.0. The number of likely N-dealkylation sites (tertiary alicyclic amines) is 1. The second-order valence-electron chi connectivity index (χ2n) is 10.3. The molecule has 2 aliphatic heterocycles. The summed E-state index contributed by atoms with van der Waals surface area (Å²) in [5.41, 5.74) is 2.20. The normalized spacial score (nSPS) is 17.3. The molecular formula is C31H35N5O3. The molecule has 2 N–H and O–H groups in total. The van der Waals surface area contributed by atoms with Crippen molar-refractivity contribution in [3.05, 3.63) is 102 Å². The van der Waals surface area contributed by atoms with E-state index in [-0.39, 0.29) is 30.4 Å². The van der Waals surface area contributed by atoms with Gasteiger partial charge >= 0.3 is 6.03 Å². The monoisotopic (exact) mass is 525 g/mol. The maximum atomic E-state index is 13.9. The molecule has 1 unspecified atom stereocenters. The number of anilines is 1. The Labute approximate surface area is 229 Å². The van der Waals surface area contributed by atoms with Crippen molar-refractivity contribution in [1.82, 2.24) is 20.4 Å². The van der Waals surface area contributed by atoms with Crippen molar-refractivity contribution in [2.75, 3.05) is 31.2 Å². The van der Waals surface area contributed by atoms with Gasteiger partial charge in [0.15, 0.2) is 0 Å². The van der Waals surface area contributed by atoms with E-state index in [0.29, 0.717) is 39.1 Å². The molecule has 1 atom stereocenters. The van der Waals surface area contributed by atoms with Gasteiger partial charge < -0.3 is 25.3 Å². The Bertz CT molecular complexity index is 1280. The van der Waals surface area contributed by atoms with E-state index in [2.05, 4.69) is 15.5 Å². The van der Waals surface area contributed by atoms with Crippen molar-refractivity contribution in [3.8, 4) is 0 Å². The van der Waals surface area contributed by atoms with Crippen LogP contribution in [0.3, 0.4) is 0 Å². The highest BCUT2D eigenvalue weighted by atomic mass is 16.2. The fourth-order valence-corrected chi connectivity index (χ4v) is 5.57. The first kappa shape index (κ1) is 26.3. The van der Waals surface area contributed by atoms with Crippen molar-refractivity contribution in [2.45, 2.75) is 37.9 Å². The van der Waals surface area contributed by atoms with E-state index in [0.717, 1.165) is 16.8 Å². The van der Waals surface area contributed by atoms with E-state index in [4.69, 9.17) is 0 Å². The van der Waals surface area contributed by atoms with Gasteiger partial charge in [0.2, 0.25) is 5.91 Å². The SMILES string of the molecule is CC(NC(=O)CN1CN(c2ccccc2)C2(CCN(C(=O)NCc3ccccc3)CC2)C1=O)c1ccccc1. The van der Waals surface area contributed by atoms with Gasteiger partial charge in [-0.3, -0.25) is 9.59 Å². The lowest BCUT2D eigenvalue weighted by Crippen LogP contribution is -2.58. The van der Waals surface area contributed by atoms with Crippen molar-refractivity contribution >= 4 is 23.5 Å². The van der Waals surface area contributed by atoms with Crippen LogP contribution >= 0.6 is 0 Å². The summed E-state index contributed by atoms with van der Waals surface area (Å²) >= 11 is 0. The molecule has 2 heterocycles. The van der Waals surface area contributed by atoms with Gasteiger partial charge in [0.25, 0.3) is 5.91 Å². The van der Waals surface area contributed by atoms with Crippen LogP contribution < -0.4 is 15.5 Å². The molecule has 8 heteroatoms. The number of urea groups is 1. The summed E-state index contributed by atoms with van der Waals surface area (Å²) in [6.07, 6.45) is 0.996. The Hall–Kier alpha value is -4.33. The van der Waals surface area contributed by atoms with Gasteiger partial charge in [-0.1, -0.05) is 78.9 Å². The highest BCUT2D eigenvalue weighted by Gasteiger charge is 2.54. The van der Waals surface area contributed by atoms with E-state index >= 15 is 0 Å². The first-order valence-corrected chi connectivity index (χ1v) is 13.5. The number of rotatable bonds is 7. The lowest BCUT2D eigenvalue weighted by Gasteiger charge is -2.43. The first-order valence-electron chi connectivity index (χ1n) is 13.5. The number of amides is 4. The maximum Gasteiger partial charge on any atom is 0.317 e. The third-order valence-electron chi connectivity index (χ3n) is 7.76. The molecule has 3 aromatic rings. The number of nitrogens with zero attached hydrogens (tertiary/aromatic N) is 3. The molecule has 2 aliphatic rings. The number of hydrogen-bond acceptors (Lipinski definition) is 4. The molecule has 2 fully saturated rings. The van der Waals surface area contributed by atoms with Gasteiger partial charge in [0.05, 0.1) is 12.7 Å². The predicted octanol–water partition coefficient (Wildman–Crippen LogP) is 3.91. The Kier molecular flexibility index (Phi) is 7.81. The lowest BCUT2D eigenvalue weighted by molar-refractivity contribution is -0.137. The number of piperidine rings is 1. The standard InChI is InChI=1S/C31H35N5O3/c1-24(26-13-7-3-8-14-26)33-28(37)22-35-23-36(27-15-9-4-10-16-27)31(29(35)38)17-19-34(20-18-31)30(39)32-21-25-11-5-2-6-12-25/h2-16,24H,17-23H2,1H3,(H,32,39)(H,33,37). The van der Waals surface area contributed by atoms with Crippen LogP contribution in [0.5, 0.6) is 0 Å². The van der Waals surface area contributed by atoms with Crippen LogP contribution in [-0.4, -0.2) is 59.5 Å². The van der Waals surface area contributed by atoms with Crippen LogP contribution in [0, 0.1) is 0 Å². The zero-order chi connectivity index (χ0) is 27.2. The smallest absolute Gasteiger partial charge is 0.317 e. The zero-order valence-electron chi connectivity index (χ0n) is 22.3. The summed E-state index contributed by atoms with van der Waals surface area (Å²) in [5, 5.41) is 6.02. The predicted molar refractivity (Wildman–Crippen MR) is 151 cm³/mol. The largest absolute Gasteiger partial charge is 0.348 e. The second-order valence-corrected chi connectivity index (χ2v) is 10.3. The minimum absolute atomic E-state index is 0.0115.